The second kappa shape index (κ2) is 6.50. The summed E-state index contributed by atoms with van der Waals surface area (Å²) in [4.78, 5) is -0.0706. The van der Waals surface area contributed by atoms with Crippen LogP contribution in [-0.2, 0) is 10.1 Å². The molecule has 0 bridgehead atoms. The van der Waals surface area contributed by atoms with E-state index in [0.29, 0.717) is 11.5 Å². The minimum atomic E-state index is -4.05. The molecule has 0 N–H and O–H groups in total. The van der Waals surface area contributed by atoms with Gasteiger partial charge in [-0.2, -0.15) is 8.42 Å². The Bertz CT molecular complexity index is 802. The molecule has 6 heteroatoms. The van der Waals surface area contributed by atoms with Crippen molar-refractivity contribution in [3.63, 3.8) is 0 Å². The average molecular weight is 336 g/mol. The van der Waals surface area contributed by atoms with Crippen molar-refractivity contribution in [2.75, 3.05) is 14.2 Å². The maximum Gasteiger partial charge on any atom is 0.343 e. The summed E-state index contributed by atoms with van der Waals surface area (Å²) in [6.45, 7) is 5.57. The van der Waals surface area contributed by atoms with Crippen LogP contribution in [0.15, 0.2) is 35.2 Å². The number of rotatable bonds is 5. The van der Waals surface area contributed by atoms with Gasteiger partial charge in [-0.1, -0.05) is 17.7 Å². The van der Waals surface area contributed by atoms with Crippen molar-refractivity contribution in [1.82, 2.24) is 0 Å². The predicted molar refractivity (Wildman–Crippen MR) is 88.0 cm³/mol. The van der Waals surface area contributed by atoms with Gasteiger partial charge in [0.25, 0.3) is 0 Å². The van der Waals surface area contributed by atoms with E-state index in [0.717, 1.165) is 16.7 Å². The maximum absolute atomic E-state index is 12.7. The van der Waals surface area contributed by atoms with E-state index in [1.165, 1.54) is 26.4 Å². The number of hydrogen-bond donors (Lipinski definition) is 0. The standard InChI is InChI=1S/C17H20O5S/c1-11-8-12(2)17(13(3)9-11)22-23(18,19)16-10-14(20-4)6-7-15(16)21-5/h6-10H,1-5H3. The molecule has 124 valence electrons. The molecule has 0 aliphatic rings. The van der Waals surface area contributed by atoms with Crippen molar-refractivity contribution in [3.05, 3.63) is 47.0 Å². The summed E-state index contributed by atoms with van der Waals surface area (Å²) < 4.78 is 41.0. The van der Waals surface area contributed by atoms with Crippen LogP contribution in [0.3, 0.4) is 0 Å². The third kappa shape index (κ3) is 3.59. The van der Waals surface area contributed by atoms with Gasteiger partial charge in [-0.3, -0.25) is 0 Å². The fourth-order valence-corrected chi connectivity index (χ4v) is 3.66. The summed E-state index contributed by atoms with van der Waals surface area (Å²) in [5.41, 5.74) is 2.56. The Labute approximate surface area is 136 Å². The van der Waals surface area contributed by atoms with Crippen LogP contribution < -0.4 is 13.7 Å². The molecule has 0 heterocycles. The van der Waals surface area contributed by atoms with Crippen LogP contribution in [0, 0.1) is 20.8 Å². The highest BCUT2D eigenvalue weighted by Gasteiger charge is 2.24. The second-order valence-corrected chi connectivity index (χ2v) is 6.80. The van der Waals surface area contributed by atoms with Crippen LogP contribution in [0.2, 0.25) is 0 Å². The minimum absolute atomic E-state index is 0.0706. The molecule has 0 fully saturated rings. The lowest BCUT2D eigenvalue weighted by Crippen LogP contribution is -2.13. The maximum atomic E-state index is 12.7. The summed E-state index contributed by atoms with van der Waals surface area (Å²) in [5, 5.41) is 0. The van der Waals surface area contributed by atoms with E-state index >= 15 is 0 Å². The zero-order valence-corrected chi connectivity index (χ0v) is 14.7. The Hall–Kier alpha value is -2.21. The Morgan fingerprint density at radius 2 is 1.48 bits per heavy atom. The van der Waals surface area contributed by atoms with Crippen molar-refractivity contribution in [2.24, 2.45) is 0 Å². The highest BCUT2D eigenvalue weighted by Crippen LogP contribution is 2.33. The van der Waals surface area contributed by atoms with Crippen LogP contribution in [0.5, 0.6) is 17.2 Å². The number of methoxy groups -OCH3 is 2. The van der Waals surface area contributed by atoms with Gasteiger partial charge in [-0.15, -0.1) is 0 Å². The first-order valence-corrected chi connectivity index (χ1v) is 8.43. The van der Waals surface area contributed by atoms with E-state index in [9.17, 15) is 8.42 Å². The van der Waals surface area contributed by atoms with Gasteiger partial charge in [0.2, 0.25) is 0 Å². The van der Waals surface area contributed by atoms with Gasteiger partial charge >= 0.3 is 10.1 Å². The molecule has 0 saturated heterocycles. The molecule has 0 radical (unpaired) electrons. The SMILES string of the molecule is COc1ccc(OC)c(S(=O)(=O)Oc2c(C)cc(C)cc2C)c1. The largest absolute Gasteiger partial charge is 0.497 e. The average Bonchev–Trinajstić information content (AvgIpc) is 2.50. The van der Waals surface area contributed by atoms with Crippen molar-refractivity contribution in [3.8, 4) is 17.2 Å². The van der Waals surface area contributed by atoms with Gasteiger partial charge in [0.15, 0.2) is 4.90 Å². The van der Waals surface area contributed by atoms with Crippen LogP contribution in [-0.4, -0.2) is 22.6 Å². The Balaban J connectivity index is 2.52. The summed E-state index contributed by atoms with van der Waals surface area (Å²) in [5.74, 6) is 0.944. The summed E-state index contributed by atoms with van der Waals surface area (Å²) in [7, 11) is -1.18. The first kappa shape index (κ1) is 17.1. The minimum Gasteiger partial charge on any atom is -0.497 e. The van der Waals surface area contributed by atoms with Crippen LogP contribution in [0.1, 0.15) is 16.7 Å². The highest BCUT2D eigenvalue weighted by atomic mass is 32.2. The number of aryl methyl sites for hydroxylation is 3. The molecule has 0 saturated carbocycles. The van der Waals surface area contributed by atoms with Crippen molar-refractivity contribution in [1.29, 1.82) is 0 Å². The molecule has 0 amide bonds. The second-order valence-electron chi connectivity index (χ2n) is 5.28. The lowest BCUT2D eigenvalue weighted by atomic mass is 10.1. The molecule has 0 spiro atoms. The smallest absolute Gasteiger partial charge is 0.343 e. The number of benzene rings is 2. The number of hydrogen-bond acceptors (Lipinski definition) is 5. The Morgan fingerprint density at radius 3 is 2.00 bits per heavy atom. The lowest BCUT2D eigenvalue weighted by molar-refractivity contribution is 0.388. The monoisotopic (exact) mass is 336 g/mol. The first-order chi connectivity index (χ1) is 10.8. The van der Waals surface area contributed by atoms with Gasteiger partial charge in [-0.05, 0) is 44.0 Å². The fourth-order valence-electron chi connectivity index (χ4n) is 2.43. The molecule has 0 aromatic heterocycles. The van der Waals surface area contributed by atoms with E-state index in [1.807, 2.05) is 32.9 Å². The fraction of sp³-hybridized carbons (Fsp3) is 0.294. The van der Waals surface area contributed by atoms with E-state index < -0.39 is 10.1 Å². The lowest BCUT2D eigenvalue weighted by Gasteiger charge is -2.15. The third-order valence-electron chi connectivity index (χ3n) is 3.44. The molecule has 23 heavy (non-hydrogen) atoms. The molecule has 0 atom stereocenters. The number of ether oxygens (including phenoxy) is 2. The first-order valence-electron chi connectivity index (χ1n) is 7.03. The zero-order valence-electron chi connectivity index (χ0n) is 13.8. The van der Waals surface area contributed by atoms with Crippen molar-refractivity contribution < 1.29 is 22.1 Å². The van der Waals surface area contributed by atoms with Gasteiger partial charge in [-0.25, -0.2) is 0 Å². The molecule has 2 rings (SSSR count). The zero-order chi connectivity index (χ0) is 17.2. The van der Waals surface area contributed by atoms with Gasteiger partial charge < -0.3 is 13.7 Å². The molecule has 0 aliphatic heterocycles. The normalized spacial score (nSPS) is 11.2. The van der Waals surface area contributed by atoms with Gasteiger partial charge in [0.05, 0.1) is 14.2 Å². The summed E-state index contributed by atoms with van der Waals surface area (Å²) in [6.07, 6.45) is 0. The predicted octanol–water partition coefficient (Wildman–Crippen LogP) is 3.40. The van der Waals surface area contributed by atoms with Crippen LogP contribution in [0.25, 0.3) is 0 Å². The van der Waals surface area contributed by atoms with E-state index in [2.05, 4.69) is 0 Å². The molecular weight excluding hydrogens is 316 g/mol. The van der Waals surface area contributed by atoms with Crippen LogP contribution >= 0.6 is 0 Å². The highest BCUT2D eigenvalue weighted by molar-refractivity contribution is 7.87. The summed E-state index contributed by atoms with van der Waals surface area (Å²) in [6, 6.07) is 8.29. The van der Waals surface area contributed by atoms with Crippen molar-refractivity contribution >= 4 is 10.1 Å². The quantitative estimate of drug-likeness (QED) is 0.783. The van der Waals surface area contributed by atoms with E-state index in [-0.39, 0.29) is 10.6 Å². The van der Waals surface area contributed by atoms with Crippen molar-refractivity contribution in [2.45, 2.75) is 25.7 Å². The Kier molecular flexibility index (Phi) is 4.85. The molecular formula is C17H20O5S. The Morgan fingerprint density at radius 1 is 0.870 bits per heavy atom. The van der Waals surface area contributed by atoms with Crippen LogP contribution in [0.4, 0.5) is 0 Å². The molecule has 0 unspecified atom stereocenters. The van der Waals surface area contributed by atoms with Gasteiger partial charge in [0, 0.05) is 6.07 Å². The molecule has 0 aliphatic carbocycles. The third-order valence-corrected chi connectivity index (χ3v) is 4.68. The summed E-state index contributed by atoms with van der Waals surface area (Å²) >= 11 is 0. The van der Waals surface area contributed by atoms with E-state index in [4.69, 9.17) is 13.7 Å². The molecule has 2 aromatic carbocycles. The molecule has 2 aromatic rings. The van der Waals surface area contributed by atoms with Gasteiger partial charge in [0.1, 0.15) is 17.2 Å². The molecule has 5 nitrogen and oxygen atoms in total. The van der Waals surface area contributed by atoms with E-state index in [1.54, 1.807) is 6.07 Å². The topological polar surface area (TPSA) is 61.8 Å².